The van der Waals surface area contributed by atoms with Crippen molar-refractivity contribution in [1.29, 1.82) is 0 Å². The molecule has 0 aromatic heterocycles. The van der Waals surface area contributed by atoms with E-state index in [0.29, 0.717) is 16.7 Å². The van der Waals surface area contributed by atoms with E-state index in [2.05, 4.69) is 10.9 Å². The molecule has 0 fully saturated rings. The summed E-state index contributed by atoms with van der Waals surface area (Å²) in [5.41, 5.74) is 2.49. The topological polar surface area (TPSA) is 38.5 Å². The van der Waals surface area contributed by atoms with E-state index in [9.17, 15) is 9.59 Å². The molecule has 2 aromatic rings. The fraction of sp³-hybridized carbons (Fsp3) is 0.118. The Hall–Kier alpha value is -2.73. The average Bonchev–Trinajstić information content (AvgIpc) is 2.72. The highest BCUT2D eigenvalue weighted by Gasteiger charge is 2.39. The number of hydrogen-bond acceptors (Lipinski definition) is 2. The van der Waals surface area contributed by atoms with Crippen molar-refractivity contribution in [1.82, 2.24) is 0 Å². The molecule has 2 aromatic carbocycles. The van der Waals surface area contributed by atoms with E-state index in [1.807, 2.05) is 12.1 Å². The smallest absolute Gasteiger partial charge is 0.293 e. The van der Waals surface area contributed by atoms with Crippen molar-refractivity contribution in [3.05, 3.63) is 75.6 Å². The molecule has 0 saturated carbocycles. The lowest BCUT2D eigenvalue weighted by Gasteiger charge is -2.06. The lowest BCUT2D eigenvalue weighted by Crippen LogP contribution is -2.12. The Morgan fingerprint density at radius 3 is 2.20 bits per heavy atom. The number of benzene rings is 2. The number of carbonyl (C=O) groups excluding carboxylic acids is 2. The van der Waals surface area contributed by atoms with Gasteiger partial charge in [-0.05, 0) is 17.7 Å². The molecule has 0 N–H and O–H groups in total. The molecule has 0 radical (unpaired) electrons. The van der Waals surface area contributed by atoms with Gasteiger partial charge < -0.3 is 0 Å². The third kappa shape index (κ3) is 1.83. The van der Waals surface area contributed by atoms with E-state index in [-0.39, 0.29) is 11.6 Å². The van der Waals surface area contributed by atoms with Gasteiger partial charge in [0, 0.05) is 11.1 Å². The molecule has 0 saturated heterocycles. The molecule has 0 aliphatic heterocycles. The summed E-state index contributed by atoms with van der Waals surface area (Å²) in [5.74, 6) is -0.988. The number of Topliss-reactive ketones (excluding diaryl/α,β-unsaturated/α-hetero) is 2. The lowest BCUT2D eigenvalue weighted by atomic mass is 9.93. The van der Waals surface area contributed by atoms with E-state index in [1.165, 1.54) is 0 Å². The summed E-state index contributed by atoms with van der Waals surface area (Å²) in [4.78, 5) is 28.7. The Bertz CT molecular complexity index is 746. The number of carbonyl (C=O) groups is 2. The fourth-order valence-electron chi connectivity index (χ4n) is 2.56. The third-order valence-corrected chi connectivity index (χ3v) is 3.44. The molecule has 0 bridgehead atoms. The maximum atomic E-state index is 12.4. The average molecular weight is 262 g/mol. The van der Waals surface area contributed by atoms with Crippen molar-refractivity contribution in [2.24, 2.45) is 0 Å². The third-order valence-electron chi connectivity index (χ3n) is 3.44. The van der Waals surface area contributed by atoms with Crippen molar-refractivity contribution in [2.45, 2.75) is 5.92 Å². The Kier molecular flexibility index (Phi) is 2.92. The Labute approximate surface area is 116 Å². The minimum atomic E-state index is -0.731. The van der Waals surface area contributed by atoms with Gasteiger partial charge in [0.2, 0.25) is 0 Å². The lowest BCUT2D eigenvalue weighted by molar-refractivity contribution is 0.0890. The van der Waals surface area contributed by atoms with Gasteiger partial charge in [0.1, 0.15) is 11.5 Å². The van der Waals surface area contributed by atoms with E-state index in [4.69, 9.17) is 0 Å². The van der Waals surface area contributed by atoms with Gasteiger partial charge in [-0.25, -0.2) is 0 Å². The molecule has 0 heterocycles. The zero-order chi connectivity index (χ0) is 14.1. The van der Waals surface area contributed by atoms with E-state index in [0.717, 1.165) is 5.56 Å². The molecule has 0 atom stereocenters. The highest BCUT2D eigenvalue weighted by molar-refractivity contribution is 6.29. The first-order valence-corrected chi connectivity index (χ1v) is 6.34. The second kappa shape index (κ2) is 4.75. The van der Waals surface area contributed by atoms with Crippen LogP contribution in [0.15, 0.2) is 48.5 Å². The molecule has 96 valence electrons. The van der Waals surface area contributed by atoms with Crippen LogP contribution in [0.4, 0.5) is 0 Å². The van der Waals surface area contributed by atoms with Crippen LogP contribution in [0.25, 0.3) is 4.85 Å². The second-order valence-corrected chi connectivity index (χ2v) is 4.67. The van der Waals surface area contributed by atoms with Gasteiger partial charge in [0.25, 0.3) is 7.05 Å². The van der Waals surface area contributed by atoms with Crippen LogP contribution in [0, 0.1) is 6.07 Å². The van der Waals surface area contributed by atoms with Crippen LogP contribution in [0.5, 0.6) is 0 Å². The summed E-state index contributed by atoms with van der Waals surface area (Å²) < 4.78 is 0. The summed E-state index contributed by atoms with van der Waals surface area (Å²) in [7, 11) is 1.63. The zero-order valence-electron chi connectivity index (χ0n) is 11.0. The van der Waals surface area contributed by atoms with Crippen LogP contribution < -0.4 is 0 Å². The van der Waals surface area contributed by atoms with E-state index in [1.54, 1.807) is 43.4 Å². The molecule has 3 rings (SSSR count). The molecule has 3 heteroatoms. The Morgan fingerprint density at radius 1 is 0.950 bits per heavy atom. The van der Waals surface area contributed by atoms with Gasteiger partial charge in [-0.15, -0.1) is 0 Å². The monoisotopic (exact) mass is 262 g/mol. The quantitative estimate of drug-likeness (QED) is 0.740. The van der Waals surface area contributed by atoms with Gasteiger partial charge in [0.15, 0.2) is 11.6 Å². The van der Waals surface area contributed by atoms with Gasteiger partial charge >= 0.3 is 6.07 Å². The molecule has 0 spiro atoms. The number of rotatable bonds is 1. The van der Waals surface area contributed by atoms with Gasteiger partial charge in [-0.2, -0.15) is 0 Å². The Balaban J connectivity index is 2.08. The number of ketones is 2. The van der Waals surface area contributed by atoms with Crippen LogP contribution in [-0.2, 0) is 0 Å². The maximum Gasteiger partial charge on any atom is 0.310 e. The van der Waals surface area contributed by atoms with Crippen LogP contribution in [0.2, 0.25) is 0 Å². The highest BCUT2D eigenvalue weighted by atomic mass is 16.2. The zero-order valence-corrected chi connectivity index (χ0v) is 11.0. The Morgan fingerprint density at radius 2 is 1.60 bits per heavy atom. The first-order valence-electron chi connectivity index (χ1n) is 6.34. The van der Waals surface area contributed by atoms with Gasteiger partial charge in [-0.1, -0.05) is 41.2 Å². The summed E-state index contributed by atoms with van der Waals surface area (Å²) in [5, 5.41) is 0. The molecular weight excluding hydrogens is 250 g/mol. The number of fused-ring (bicyclic) bond motifs is 1. The predicted molar refractivity (Wildman–Crippen MR) is 76.6 cm³/mol. The van der Waals surface area contributed by atoms with Crippen molar-refractivity contribution in [3.8, 4) is 6.07 Å². The predicted octanol–water partition coefficient (Wildman–Crippen LogP) is 3.16. The first-order chi connectivity index (χ1) is 9.72. The highest BCUT2D eigenvalue weighted by Crippen LogP contribution is 2.33. The second-order valence-electron chi connectivity index (χ2n) is 4.67. The SMILES string of the molecule is C[N+]#Cc1cccc(C2C(=O)c3ccccc3C2=O)c1. The van der Waals surface area contributed by atoms with Gasteiger partial charge in [-0.3, -0.25) is 9.59 Å². The van der Waals surface area contributed by atoms with Gasteiger partial charge in [0.05, 0.1) is 0 Å². The molecule has 1 aliphatic rings. The molecule has 3 nitrogen and oxygen atoms in total. The van der Waals surface area contributed by atoms with E-state index < -0.39 is 5.92 Å². The van der Waals surface area contributed by atoms with Crippen molar-refractivity contribution >= 4 is 11.6 Å². The molecule has 0 unspecified atom stereocenters. The standard InChI is InChI=1S/C17H12NO2/c1-18-10-11-5-4-6-12(9-11)15-16(19)13-7-2-3-8-14(13)17(15)20/h2-9,15H,1H3/q+1. The van der Waals surface area contributed by atoms with Crippen molar-refractivity contribution < 1.29 is 9.59 Å². The summed E-state index contributed by atoms with van der Waals surface area (Å²) in [6, 6.07) is 17.0. The minimum Gasteiger partial charge on any atom is -0.293 e. The number of nitrogens with zero attached hydrogens (tertiary/aromatic N) is 1. The van der Waals surface area contributed by atoms with Crippen LogP contribution >= 0.6 is 0 Å². The maximum absolute atomic E-state index is 12.4. The van der Waals surface area contributed by atoms with Crippen LogP contribution in [-0.4, -0.2) is 18.6 Å². The first kappa shape index (κ1) is 12.3. The van der Waals surface area contributed by atoms with Crippen molar-refractivity contribution in [2.75, 3.05) is 7.05 Å². The fourth-order valence-corrected chi connectivity index (χ4v) is 2.56. The molecule has 1 aliphatic carbocycles. The molecule has 0 amide bonds. The van der Waals surface area contributed by atoms with Crippen LogP contribution in [0.3, 0.4) is 0 Å². The molecule has 20 heavy (non-hydrogen) atoms. The molecular formula is C17H12NO2+. The van der Waals surface area contributed by atoms with E-state index >= 15 is 0 Å². The van der Waals surface area contributed by atoms with Crippen LogP contribution in [0.1, 0.15) is 37.8 Å². The number of hydrogen-bond donors (Lipinski definition) is 0. The minimum absolute atomic E-state index is 0.129. The van der Waals surface area contributed by atoms with Crippen molar-refractivity contribution in [3.63, 3.8) is 0 Å². The largest absolute Gasteiger partial charge is 0.310 e. The normalized spacial score (nSPS) is 13.8. The summed E-state index contributed by atoms with van der Waals surface area (Å²) in [6.45, 7) is 0. The summed E-state index contributed by atoms with van der Waals surface area (Å²) in [6.07, 6.45) is 0. The summed E-state index contributed by atoms with van der Waals surface area (Å²) >= 11 is 0.